The summed E-state index contributed by atoms with van der Waals surface area (Å²) in [6.07, 6.45) is 3.85. The van der Waals surface area contributed by atoms with Gasteiger partial charge >= 0.3 is 0 Å². The van der Waals surface area contributed by atoms with Crippen LogP contribution >= 0.6 is 0 Å². The molecule has 1 aromatic carbocycles. The fourth-order valence-electron chi connectivity index (χ4n) is 2.51. The third-order valence-corrected chi connectivity index (χ3v) is 3.88. The fourth-order valence-corrected chi connectivity index (χ4v) is 2.51. The summed E-state index contributed by atoms with van der Waals surface area (Å²) < 4.78 is 5.18. The quantitative estimate of drug-likeness (QED) is 0.829. The van der Waals surface area contributed by atoms with Gasteiger partial charge in [0.05, 0.1) is 7.11 Å². The summed E-state index contributed by atoms with van der Waals surface area (Å²) in [5.41, 5.74) is 1.46. The third-order valence-electron chi connectivity index (χ3n) is 3.88. The zero-order chi connectivity index (χ0) is 13.0. The van der Waals surface area contributed by atoms with Crippen molar-refractivity contribution < 1.29 is 4.74 Å². The molecule has 0 atom stereocenters. The first-order valence-corrected chi connectivity index (χ1v) is 7.06. The van der Waals surface area contributed by atoms with E-state index in [1.165, 1.54) is 24.8 Å². The van der Waals surface area contributed by atoms with E-state index in [0.29, 0.717) is 0 Å². The molecule has 0 bridgehead atoms. The van der Waals surface area contributed by atoms with Crippen molar-refractivity contribution in [1.82, 2.24) is 5.32 Å². The third kappa shape index (κ3) is 3.49. The second-order valence-electron chi connectivity index (χ2n) is 5.78. The Kier molecular flexibility index (Phi) is 4.65. The van der Waals surface area contributed by atoms with E-state index in [1.54, 1.807) is 7.11 Å². The molecule has 1 aromatic rings. The Bertz CT molecular complexity index is 352. The summed E-state index contributed by atoms with van der Waals surface area (Å²) in [6, 6.07) is 9.27. The van der Waals surface area contributed by atoms with Gasteiger partial charge in [-0.25, -0.2) is 0 Å². The van der Waals surface area contributed by atoms with Crippen molar-refractivity contribution >= 4 is 0 Å². The second-order valence-corrected chi connectivity index (χ2v) is 5.78. The lowest BCUT2D eigenvalue weighted by Crippen LogP contribution is -2.40. The molecule has 0 spiro atoms. The van der Waals surface area contributed by atoms with Crippen LogP contribution in [0.5, 0.6) is 5.75 Å². The molecule has 1 aliphatic carbocycles. The van der Waals surface area contributed by atoms with Gasteiger partial charge in [-0.15, -0.1) is 0 Å². The predicted molar refractivity (Wildman–Crippen MR) is 76.2 cm³/mol. The molecule has 2 nitrogen and oxygen atoms in total. The Labute approximate surface area is 111 Å². The molecule has 1 saturated carbocycles. The highest BCUT2D eigenvalue weighted by atomic mass is 16.5. The van der Waals surface area contributed by atoms with E-state index in [0.717, 1.165) is 30.2 Å². The van der Waals surface area contributed by atoms with Crippen LogP contribution in [0.15, 0.2) is 24.3 Å². The van der Waals surface area contributed by atoms with Gasteiger partial charge in [0.1, 0.15) is 5.75 Å². The van der Waals surface area contributed by atoms with E-state index < -0.39 is 0 Å². The number of methoxy groups -OCH3 is 1. The number of ether oxygens (including phenoxy) is 1. The molecule has 1 N–H and O–H groups in total. The number of nitrogens with one attached hydrogen (secondary N) is 1. The minimum absolute atomic E-state index is 0.732. The first kappa shape index (κ1) is 13.4. The maximum absolute atomic E-state index is 5.18. The van der Waals surface area contributed by atoms with Gasteiger partial charge in [0, 0.05) is 6.04 Å². The van der Waals surface area contributed by atoms with Crippen LogP contribution in [-0.2, 0) is 0 Å². The zero-order valence-electron chi connectivity index (χ0n) is 11.8. The van der Waals surface area contributed by atoms with Gasteiger partial charge in [-0.05, 0) is 55.3 Å². The lowest BCUT2D eigenvalue weighted by atomic mass is 9.76. The second kappa shape index (κ2) is 6.24. The number of benzene rings is 1. The molecule has 0 unspecified atom stereocenters. The van der Waals surface area contributed by atoms with Gasteiger partial charge in [-0.2, -0.15) is 0 Å². The van der Waals surface area contributed by atoms with Gasteiger partial charge in [-0.1, -0.05) is 26.0 Å². The lowest BCUT2D eigenvalue weighted by molar-refractivity contribution is 0.286. The van der Waals surface area contributed by atoms with Crippen molar-refractivity contribution in [2.24, 2.45) is 5.92 Å². The molecule has 2 rings (SSSR count). The van der Waals surface area contributed by atoms with Gasteiger partial charge in [0.25, 0.3) is 0 Å². The highest BCUT2D eigenvalue weighted by Crippen LogP contribution is 2.37. The molecular weight excluding hydrogens is 222 g/mol. The van der Waals surface area contributed by atoms with Gasteiger partial charge < -0.3 is 10.1 Å². The normalized spacial score (nSPS) is 22.9. The summed E-state index contributed by atoms with van der Waals surface area (Å²) in [7, 11) is 1.72. The van der Waals surface area contributed by atoms with Gasteiger partial charge in [0.15, 0.2) is 0 Å². The number of hydrogen-bond acceptors (Lipinski definition) is 2. The molecule has 1 aliphatic rings. The fraction of sp³-hybridized carbons (Fsp3) is 0.625. The molecule has 1 fully saturated rings. The summed E-state index contributed by atoms with van der Waals surface area (Å²) in [5, 5.41) is 3.65. The van der Waals surface area contributed by atoms with Crippen LogP contribution in [-0.4, -0.2) is 19.7 Å². The van der Waals surface area contributed by atoms with E-state index in [9.17, 15) is 0 Å². The standard InChI is InChI=1S/C16H25NO/c1-12(2)8-9-17-15-10-14(11-15)13-4-6-16(18-3)7-5-13/h4-7,12,14-15,17H,8-11H2,1-3H3. The Morgan fingerprint density at radius 3 is 2.44 bits per heavy atom. The minimum atomic E-state index is 0.732. The predicted octanol–water partition coefficient (Wildman–Crippen LogP) is 3.58. The monoisotopic (exact) mass is 247 g/mol. The van der Waals surface area contributed by atoms with Crippen LogP contribution in [0.1, 0.15) is 44.6 Å². The average Bonchev–Trinajstić information content (AvgIpc) is 2.32. The summed E-state index contributed by atoms with van der Waals surface area (Å²) in [4.78, 5) is 0. The molecule has 0 radical (unpaired) electrons. The summed E-state index contributed by atoms with van der Waals surface area (Å²) >= 11 is 0. The van der Waals surface area contributed by atoms with E-state index in [2.05, 4.69) is 43.4 Å². The first-order chi connectivity index (χ1) is 8.69. The van der Waals surface area contributed by atoms with Gasteiger partial charge in [0.2, 0.25) is 0 Å². The van der Waals surface area contributed by atoms with Crippen LogP contribution in [0, 0.1) is 5.92 Å². The van der Waals surface area contributed by atoms with Crippen molar-refractivity contribution in [3.63, 3.8) is 0 Å². The smallest absolute Gasteiger partial charge is 0.118 e. The van der Waals surface area contributed by atoms with Crippen LogP contribution in [0.25, 0.3) is 0 Å². The average molecular weight is 247 g/mol. The number of rotatable bonds is 6. The topological polar surface area (TPSA) is 21.3 Å². The Morgan fingerprint density at radius 1 is 1.22 bits per heavy atom. The van der Waals surface area contributed by atoms with Crippen molar-refractivity contribution in [3.05, 3.63) is 29.8 Å². The molecular formula is C16H25NO. The van der Waals surface area contributed by atoms with Crippen molar-refractivity contribution in [1.29, 1.82) is 0 Å². The van der Waals surface area contributed by atoms with Crippen molar-refractivity contribution in [2.75, 3.05) is 13.7 Å². The molecule has 2 heteroatoms. The van der Waals surface area contributed by atoms with Crippen molar-refractivity contribution in [3.8, 4) is 5.75 Å². The van der Waals surface area contributed by atoms with Gasteiger partial charge in [-0.3, -0.25) is 0 Å². The molecule has 0 aliphatic heterocycles. The first-order valence-electron chi connectivity index (χ1n) is 7.06. The van der Waals surface area contributed by atoms with Crippen LogP contribution in [0.4, 0.5) is 0 Å². The Hall–Kier alpha value is -1.02. The Balaban J connectivity index is 1.71. The SMILES string of the molecule is COc1ccc(C2CC(NCCC(C)C)C2)cc1. The van der Waals surface area contributed by atoms with E-state index in [1.807, 2.05) is 0 Å². The zero-order valence-corrected chi connectivity index (χ0v) is 11.8. The lowest BCUT2D eigenvalue weighted by Gasteiger charge is -2.36. The van der Waals surface area contributed by atoms with E-state index >= 15 is 0 Å². The highest BCUT2D eigenvalue weighted by Gasteiger charge is 2.29. The van der Waals surface area contributed by atoms with Crippen LogP contribution in [0.2, 0.25) is 0 Å². The number of hydrogen-bond donors (Lipinski definition) is 1. The van der Waals surface area contributed by atoms with Crippen LogP contribution < -0.4 is 10.1 Å². The molecule has 0 saturated heterocycles. The van der Waals surface area contributed by atoms with Crippen molar-refractivity contribution in [2.45, 2.75) is 45.1 Å². The molecule has 18 heavy (non-hydrogen) atoms. The molecule has 100 valence electrons. The Morgan fingerprint density at radius 2 is 1.89 bits per heavy atom. The molecule has 0 amide bonds. The summed E-state index contributed by atoms with van der Waals surface area (Å²) in [5.74, 6) is 2.49. The van der Waals surface area contributed by atoms with E-state index in [4.69, 9.17) is 4.74 Å². The largest absolute Gasteiger partial charge is 0.497 e. The van der Waals surface area contributed by atoms with E-state index in [-0.39, 0.29) is 0 Å². The van der Waals surface area contributed by atoms with Crippen LogP contribution in [0.3, 0.4) is 0 Å². The molecule has 0 aromatic heterocycles. The minimum Gasteiger partial charge on any atom is -0.497 e. The highest BCUT2D eigenvalue weighted by molar-refractivity contribution is 5.30. The summed E-state index contributed by atoms with van der Waals surface area (Å²) in [6.45, 7) is 5.73. The maximum Gasteiger partial charge on any atom is 0.118 e. The maximum atomic E-state index is 5.18. The molecule has 0 heterocycles.